The largest absolute Gasteiger partial charge is 0.419 e. The zero-order valence-electron chi connectivity index (χ0n) is 4.87. The van der Waals surface area contributed by atoms with E-state index in [-0.39, 0.29) is 5.82 Å². The maximum absolute atomic E-state index is 11.8. The summed E-state index contributed by atoms with van der Waals surface area (Å²) in [6.45, 7) is 0. The lowest BCUT2D eigenvalue weighted by Gasteiger charge is -2.03. The average Bonchev–Trinajstić information content (AvgIpc) is 2.11. The molecule has 0 bridgehead atoms. The molecule has 0 fully saturated rings. The highest BCUT2D eigenvalue weighted by Gasteiger charge is 2.33. The van der Waals surface area contributed by atoms with E-state index in [0.717, 1.165) is 12.3 Å². The Hall–Kier alpha value is -1.13. The van der Waals surface area contributed by atoms with Gasteiger partial charge in [0.15, 0.2) is 0 Å². The van der Waals surface area contributed by atoms with Crippen molar-refractivity contribution in [3.63, 3.8) is 0 Å². The molecule has 0 atom stereocenters. The Morgan fingerprint density at radius 3 is 2.20 bits per heavy atom. The minimum absolute atomic E-state index is 0.340. The van der Waals surface area contributed by atoms with Gasteiger partial charge in [-0.3, -0.25) is 0 Å². The second-order valence-electron chi connectivity index (χ2n) is 1.80. The minimum atomic E-state index is -4.34. The summed E-state index contributed by atoms with van der Waals surface area (Å²) in [7, 11) is 0. The topological polar surface area (TPSA) is 41.8 Å². The molecule has 1 aromatic heterocycles. The Balaban J connectivity index is 3.05. The van der Waals surface area contributed by atoms with Crippen molar-refractivity contribution in [3.8, 4) is 0 Å². The summed E-state index contributed by atoms with van der Waals surface area (Å²) >= 11 is 0. The van der Waals surface area contributed by atoms with E-state index in [1.54, 1.807) is 0 Å². The molecule has 2 nitrogen and oxygen atoms in total. The van der Waals surface area contributed by atoms with E-state index in [9.17, 15) is 13.2 Å². The molecule has 0 spiro atoms. The third-order valence-electron chi connectivity index (χ3n) is 1.08. The Labute approximate surface area is 54.8 Å². The number of hydrogen-bond donors (Lipinski definition) is 2. The highest BCUT2D eigenvalue weighted by atomic mass is 19.4. The first-order chi connectivity index (χ1) is 4.52. The summed E-state index contributed by atoms with van der Waals surface area (Å²) in [5.74, 6) is -0.340. The molecule has 0 aliphatic carbocycles. The van der Waals surface area contributed by atoms with Crippen LogP contribution >= 0.6 is 0 Å². The van der Waals surface area contributed by atoms with Gasteiger partial charge in [-0.25, -0.2) is 0 Å². The maximum atomic E-state index is 11.8. The fourth-order valence-corrected chi connectivity index (χ4v) is 0.630. The summed E-state index contributed by atoms with van der Waals surface area (Å²) in [5.41, 5.74) is 4.14. The first-order valence-electron chi connectivity index (χ1n) is 2.52. The Kier molecular flexibility index (Phi) is 1.35. The number of rotatable bonds is 0. The van der Waals surface area contributed by atoms with Crippen molar-refractivity contribution in [3.05, 3.63) is 17.8 Å². The SMILES string of the molecule is Nc1[nH]ccc1C(F)(F)F. The lowest BCUT2D eigenvalue weighted by atomic mass is 10.3. The van der Waals surface area contributed by atoms with Gasteiger partial charge < -0.3 is 10.7 Å². The number of H-pyrrole nitrogens is 1. The summed E-state index contributed by atoms with van der Waals surface area (Å²) < 4.78 is 35.3. The number of anilines is 1. The number of nitrogens with two attached hydrogens (primary N) is 1. The van der Waals surface area contributed by atoms with Crippen LogP contribution in [0, 0.1) is 0 Å². The molecule has 0 aliphatic rings. The molecule has 3 N–H and O–H groups in total. The third-order valence-corrected chi connectivity index (χ3v) is 1.08. The predicted molar refractivity (Wildman–Crippen MR) is 30.2 cm³/mol. The number of aromatic nitrogens is 1. The summed E-state index contributed by atoms with van der Waals surface area (Å²) in [5, 5.41) is 0. The van der Waals surface area contributed by atoms with Gasteiger partial charge in [-0.05, 0) is 6.07 Å². The molecule has 1 rings (SSSR count). The fraction of sp³-hybridized carbons (Fsp3) is 0.200. The van der Waals surface area contributed by atoms with Gasteiger partial charge in [0.05, 0.1) is 5.56 Å². The molecular weight excluding hydrogens is 145 g/mol. The fourth-order valence-electron chi connectivity index (χ4n) is 0.630. The number of alkyl halides is 3. The van der Waals surface area contributed by atoms with Crippen molar-refractivity contribution in [2.75, 3.05) is 5.73 Å². The van der Waals surface area contributed by atoms with E-state index in [2.05, 4.69) is 4.98 Å². The van der Waals surface area contributed by atoms with Gasteiger partial charge in [0.25, 0.3) is 0 Å². The van der Waals surface area contributed by atoms with Crippen LogP contribution in [0.2, 0.25) is 0 Å². The zero-order chi connectivity index (χ0) is 7.78. The van der Waals surface area contributed by atoms with Gasteiger partial charge in [-0.2, -0.15) is 13.2 Å². The van der Waals surface area contributed by atoms with Crippen molar-refractivity contribution in [2.45, 2.75) is 6.18 Å². The van der Waals surface area contributed by atoms with E-state index in [0.29, 0.717) is 0 Å². The highest BCUT2D eigenvalue weighted by molar-refractivity contribution is 5.41. The van der Waals surface area contributed by atoms with Crippen LogP contribution in [0.4, 0.5) is 19.0 Å². The summed E-state index contributed by atoms with van der Waals surface area (Å²) in [6.07, 6.45) is -3.19. The van der Waals surface area contributed by atoms with Crippen LogP contribution in [0.15, 0.2) is 12.3 Å². The molecule has 56 valence electrons. The number of aromatic amines is 1. The smallest absolute Gasteiger partial charge is 0.385 e. The minimum Gasteiger partial charge on any atom is -0.385 e. The van der Waals surface area contributed by atoms with Crippen LogP contribution in [-0.2, 0) is 6.18 Å². The van der Waals surface area contributed by atoms with Gasteiger partial charge in [0.1, 0.15) is 5.82 Å². The molecule has 1 heterocycles. The van der Waals surface area contributed by atoms with Crippen LogP contribution in [0.3, 0.4) is 0 Å². The average molecular weight is 150 g/mol. The Morgan fingerprint density at radius 2 is 2.00 bits per heavy atom. The summed E-state index contributed by atoms with van der Waals surface area (Å²) in [4.78, 5) is 2.23. The molecule has 1 aromatic rings. The first-order valence-corrected chi connectivity index (χ1v) is 2.52. The molecule has 0 unspecified atom stereocenters. The lowest BCUT2D eigenvalue weighted by Crippen LogP contribution is -2.06. The first kappa shape index (κ1) is 6.98. The van der Waals surface area contributed by atoms with Crippen molar-refractivity contribution < 1.29 is 13.2 Å². The monoisotopic (exact) mass is 150 g/mol. The van der Waals surface area contributed by atoms with E-state index >= 15 is 0 Å². The second-order valence-corrected chi connectivity index (χ2v) is 1.80. The van der Waals surface area contributed by atoms with Crippen LogP contribution in [0.1, 0.15) is 5.56 Å². The molecule has 0 saturated carbocycles. The van der Waals surface area contributed by atoms with Crippen LogP contribution in [0.25, 0.3) is 0 Å². The van der Waals surface area contributed by atoms with Crippen molar-refractivity contribution in [1.29, 1.82) is 0 Å². The van der Waals surface area contributed by atoms with Crippen LogP contribution in [0.5, 0.6) is 0 Å². The van der Waals surface area contributed by atoms with Crippen LogP contribution in [-0.4, -0.2) is 4.98 Å². The van der Waals surface area contributed by atoms with Gasteiger partial charge in [0, 0.05) is 6.20 Å². The molecule has 0 amide bonds. The number of nitrogen functional groups attached to an aromatic ring is 1. The second kappa shape index (κ2) is 1.93. The molecule has 0 aliphatic heterocycles. The summed E-state index contributed by atoms with van der Waals surface area (Å²) in [6, 6.07) is 0.898. The molecule has 0 radical (unpaired) electrons. The lowest BCUT2D eigenvalue weighted by molar-refractivity contribution is -0.136. The molecule has 0 aromatic carbocycles. The predicted octanol–water partition coefficient (Wildman–Crippen LogP) is 1.62. The zero-order valence-corrected chi connectivity index (χ0v) is 4.87. The van der Waals surface area contributed by atoms with Crippen molar-refractivity contribution in [2.24, 2.45) is 0 Å². The molecular formula is C5H5F3N2. The maximum Gasteiger partial charge on any atom is 0.419 e. The molecule has 0 saturated heterocycles. The van der Waals surface area contributed by atoms with E-state index in [4.69, 9.17) is 5.73 Å². The quantitative estimate of drug-likeness (QED) is 0.579. The standard InChI is InChI=1S/C5H5F3N2/c6-5(7,8)3-1-2-10-4(3)9/h1-2,10H,9H2. The Morgan fingerprint density at radius 1 is 1.40 bits per heavy atom. The van der Waals surface area contributed by atoms with E-state index < -0.39 is 11.7 Å². The molecule has 10 heavy (non-hydrogen) atoms. The normalized spacial score (nSPS) is 11.9. The van der Waals surface area contributed by atoms with Gasteiger partial charge in [0.2, 0.25) is 0 Å². The third kappa shape index (κ3) is 1.07. The van der Waals surface area contributed by atoms with Crippen LogP contribution < -0.4 is 5.73 Å². The van der Waals surface area contributed by atoms with Gasteiger partial charge >= 0.3 is 6.18 Å². The van der Waals surface area contributed by atoms with Gasteiger partial charge in [-0.15, -0.1) is 0 Å². The Bertz CT molecular complexity index is 225. The van der Waals surface area contributed by atoms with Crippen molar-refractivity contribution >= 4 is 5.82 Å². The van der Waals surface area contributed by atoms with Gasteiger partial charge in [-0.1, -0.05) is 0 Å². The van der Waals surface area contributed by atoms with Crippen molar-refractivity contribution in [1.82, 2.24) is 4.98 Å². The highest BCUT2D eigenvalue weighted by Crippen LogP contribution is 2.32. The number of halogens is 3. The number of nitrogens with one attached hydrogen (secondary N) is 1. The molecule has 5 heteroatoms. The number of hydrogen-bond acceptors (Lipinski definition) is 1. The van der Waals surface area contributed by atoms with E-state index in [1.807, 2.05) is 0 Å². The van der Waals surface area contributed by atoms with E-state index in [1.165, 1.54) is 0 Å².